The normalized spacial score (nSPS) is 11.9. The van der Waals surface area contributed by atoms with Crippen LogP contribution in [0.25, 0.3) is 0 Å². The van der Waals surface area contributed by atoms with Gasteiger partial charge in [0, 0.05) is 5.02 Å². The first kappa shape index (κ1) is 17.9. The Bertz CT molecular complexity index is 724. The molecule has 23 heavy (non-hydrogen) atoms. The monoisotopic (exact) mass is 371 g/mol. The molecule has 0 radical (unpaired) electrons. The van der Waals surface area contributed by atoms with Crippen molar-refractivity contribution in [3.05, 3.63) is 56.5 Å². The van der Waals surface area contributed by atoms with Crippen LogP contribution in [0.15, 0.2) is 30.3 Å². The molecule has 2 aromatic carbocycles. The predicted molar refractivity (Wildman–Crippen MR) is 96.1 cm³/mol. The second-order valence-electron chi connectivity index (χ2n) is 5.26. The molecule has 0 saturated heterocycles. The summed E-state index contributed by atoms with van der Waals surface area (Å²) < 4.78 is 5.59. The van der Waals surface area contributed by atoms with Gasteiger partial charge in [0.1, 0.15) is 5.75 Å². The molecule has 0 unspecified atom stereocenters. The van der Waals surface area contributed by atoms with Crippen LogP contribution in [0.1, 0.15) is 18.1 Å². The summed E-state index contributed by atoms with van der Waals surface area (Å²) in [6.07, 6.45) is -0.745. The van der Waals surface area contributed by atoms with Crippen LogP contribution in [0, 0.1) is 13.8 Å². The fraction of sp³-hybridized carbons (Fsp3) is 0.235. The third kappa shape index (κ3) is 4.54. The lowest BCUT2D eigenvalue weighted by molar-refractivity contribution is -0.122. The Morgan fingerprint density at radius 2 is 1.78 bits per heavy atom. The van der Waals surface area contributed by atoms with Gasteiger partial charge >= 0.3 is 0 Å². The second-order valence-corrected chi connectivity index (χ2v) is 6.51. The van der Waals surface area contributed by atoms with E-state index >= 15 is 0 Å². The Kier molecular flexibility index (Phi) is 5.79. The first-order valence-corrected chi connectivity index (χ1v) is 8.10. The molecule has 1 amide bonds. The van der Waals surface area contributed by atoms with Crippen molar-refractivity contribution in [2.45, 2.75) is 26.9 Å². The molecule has 0 bridgehead atoms. The number of halogens is 3. The smallest absolute Gasteiger partial charge is 0.265 e. The first-order valence-electron chi connectivity index (χ1n) is 6.97. The van der Waals surface area contributed by atoms with Crippen LogP contribution >= 0.6 is 34.8 Å². The van der Waals surface area contributed by atoms with E-state index in [0.717, 1.165) is 11.1 Å². The Morgan fingerprint density at radius 3 is 2.39 bits per heavy atom. The highest BCUT2D eigenvalue weighted by Crippen LogP contribution is 2.30. The van der Waals surface area contributed by atoms with Crippen molar-refractivity contribution in [1.82, 2.24) is 0 Å². The van der Waals surface area contributed by atoms with E-state index in [1.54, 1.807) is 31.2 Å². The van der Waals surface area contributed by atoms with Crippen molar-refractivity contribution >= 4 is 46.4 Å². The molecule has 2 aromatic rings. The zero-order valence-electron chi connectivity index (χ0n) is 12.9. The van der Waals surface area contributed by atoms with Crippen molar-refractivity contribution in [2.75, 3.05) is 5.32 Å². The number of benzene rings is 2. The van der Waals surface area contributed by atoms with E-state index < -0.39 is 6.10 Å². The number of anilines is 1. The van der Waals surface area contributed by atoms with Gasteiger partial charge in [-0.2, -0.15) is 0 Å². The maximum Gasteiger partial charge on any atom is 0.265 e. The van der Waals surface area contributed by atoms with Crippen molar-refractivity contribution in [1.29, 1.82) is 0 Å². The van der Waals surface area contributed by atoms with Gasteiger partial charge in [-0.15, -0.1) is 0 Å². The molecular weight excluding hydrogens is 357 g/mol. The van der Waals surface area contributed by atoms with Gasteiger partial charge in [-0.3, -0.25) is 4.79 Å². The summed E-state index contributed by atoms with van der Waals surface area (Å²) in [5.74, 6) is 0.0790. The van der Waals surface area contributed by atoms with Gasteiger partial charge in [0.2, 0.25) is 0 Å². The summed E-state index contributed by atoms with van der Waals surface area (Å²) in [6.45, 7) is 5.46. The Labute approximate surface area is 150 Å². The summed E-state index contributed by atoms with van der Waals surface area (Å²) in [6, 6.07) is 8.58. The molecular formula is C17H16Cl3NO2. The second kappa shape index (κ2) is 7.43. The summed E-state index contributed by atoms with van der Waals surface area (Å²) >= 11 is 18.1. The lowest BCUT2D eigenvalue weighted by Crippen LogP contribution is -2.30. The highest BCUT2D eigenvalue weighted by Gasteiger charge is 2.18. The Balaban J connectivity index is 2.11. The van der Waals surface area contributed by atoms with Gasteiger partial charge in [-0.1, -0.05) is 40.9 Å². The topological polar surface area (TPSA) is 38.3 Å². The molecule has 0 heterocycles. The molecule has 0 aliphatic heterocycles. The minimum Gasteiger partial charge on any atom is -0.479 e. The van der Waals surface area contributed by atoms with Crippen molar-refractivity contribution in [2.24, 2.45) is 0 Å². The molecule has 2 rings (SSSR count). The molecule has 3 nitrogen and oxygen atoms in total. The van der Waals surface area contributed by atoms with Crippen molar-refractivity contribution < 1.29 is 9.53 Å². The third-order valence-electron chi connectivity index (χ3n) is 3.25. The fourth-order valence-corrected chi connectivity index (χ4v) is 2.94. The SMILES string of the molecule is Cc1cc(C)c(NC(=O)[C@H](C)Oc2ccc(Cl)cc2Cl)c(Cl)c1. The van der Waals surface area contributed by atoms with Crippen LogP contribution in [-0.2, 0) is 4.79 Å². The minimum atomic E-state index is -0.745. The van der Waals surface area contributed by atoms with E-state index in [1.807, 2.05) is 19.9 Å². The molecule has 1 atom stereocenters. The van der Waals surface area contributed by atoms with E-state index in [2.05, 4.69) is 5.32 Å². The molecule has 0 spiro atoms. The molecule has 0 fully saturated rings. The molecule has 0 aromatic heterocycles. The Morgan fingerprint density at radius 1 is 1.09 bits per heavy atom. The highest BCUT2D eigenvalue weighted by atomic mass is 35.5. The molecule has 6 heteroatoms. The maximum atomic E-state index is 12.3. The number of hydrogen-bond acceptors (Lipinski definition) is 2. The van der Waals surface area contributed by atoms with E-state index in [9.17, 15) is 4.79 Å². The molecule has 122 valence electrons. The van der Waals surface area contributed by atoms with Crippen LogP contribution in [0.2, 0.25) is 15.1 Å². The number of amides is 1. The average Bonchev–Trinajstić information content (AvgIpc) is 2.45. The summed E-state index contributed by atoms with van der Waals surface area (Å²) in [7, 11) is 0. The van der Waals surface area contributed by atoms with E-state index in [1.165, 1.54) is 0 Å². The van der Waals surface area contributed by atoms with Crippen molar-refractivity contribution in [3.8, 4) is 5.75 Å². The van der Waals surface area contributed by atoms with Crippen molar-refractivity contribution in [3.63, 3.8) is 0 Å². The van der Waals surface area contributed by atoms with Gasteiger partial charge in [0.15, 0.2) is 6.10 Å². The van der Waals surface area contributed by atoms with Crippen LogP contribution in [-0.4, -0.2) is 12.0 Å². The minimum absolute atomic E-state index is 0.315. The standard InChI is InChI=1S/C17H16Cl3NO2/c1-9-6-10(2)16(14(20)7-9)21-17(22)11(3)23-15-5-4-12(18)8-13(15)19/h4-8,11H,1-3H3,(H,21,22)/t11-/m0/s1. The van der Waals surface area contributed by atoms with Gasteiger partial charge < -0.3 is 10.1 Å². The van der Waals surface area contributed by atoms with Crippen LogP contribution in [0.4, 0.5) is 5.69 Å². The van der Waals surface area contributed by atoms with E-state index in [0.29, 0.717) is 26.5 Å². The fourth-order valence-electron chi connectivity index (χ4n) is 2.11. The number of carbonyl (C=O) groups excluding carboxylic acids is 1. The van der Waals surface area contributed by atoms with E-state index in [4.69, 9.17) is 39.5 Å². The zero-order chi connectivity index (χ0) is 17.1. The average molecular weight is 373 g/mol. The maximum absolute atomic E-state index is 12.3. The number of rotatable bonds is 4. The third-order valence-corrected chi connectivity index (χ3v) is 4.08. The summed E-state index contributed by atoms with van der Waals surface area (Å²) in [5.41, 5.74) is 2.50. The lowest BCUT2D eigenvalue weighted by atomic mass is 10.1. The van der Waals surface area contributed by atoms with Crippen LogP contribution in [0.3, 0.4) is 0 Å². The number of ether oxygens (including phenoxy) is 1. The summed E-state index contributed by atoms with van der Waals surface area (Å²) in [5, 5.41) is 4.13. The summed E-state index contributed by atoms with van der Waals surface area (Å²) in [4.78, 5) is 12.3. The molecule has 1 N–H and O–H groups in total. The predicted octanol–water partition coefficient (Wildman–Crippen LogP) is 5.67. The van der Waals surface area contributed by atoms with Crippen LogP contribution in [0.5, 0.6) is 5.75 Å². The lowest BCUT2D eigenvalue weighted by Gasteiger charge is -2.17. The highest BCUT2D eigenvalue weighted by molar-refractivity contribution is 6.35. The molecule has 0 aliphatic rings. The van der Waals surface area contributed by atoms with E-state index in [-0.39, 0.29) is 5.91 Å². The quantitative estimate of drug-likeness (QED) is 0.751. The number of hydrogen-bond donors (Lipinski definition) is 1. The van der Waals surface area contributed by atoms with Crippen LogP contribution < -0.4 is 10.1 Å². The van der Waals surface area contributed by atoms with Gasteiger partial charge in [0.05, 0.1) is 15.7 Å². The molecule has 0 aliphatic carbocycles. The van der Waals surface area contributed by atoms with Gasteiger partial charge in [-0.25, -0.2) is 0 Å². The number of nitrogens with one attached hydrogen (secondary N) is 1. The van der Waals surface area contributed by atoms with Gasteiger partial charge in [-0.05, 0) is 56.2 Å². The largest absolute Gasteiger partial charge is 0.479 e. The number of aryl methyl sites for hydroxylation is 2. The molecule has 0 saturated carbocycles. The number of carbonyl (C=O) groups is 1. The first-order chi connectivity index (χ1) is 10.8. The Hall–Kier alpha value is -1.42. The zero-order valence-corrected chi connectivity index (χ0v) is 15.2. The van der Waals surface area contributed by atoms with Gasteiger partial charge in [0.25, 0.3) is 5.91 Å².